The predicted molar refractivity (Wildman–Crippen MR) is 89.3 cm³/mol. The van der Waals surface area contributed by atoms with Gasteiger partial charge in [0.1, 0.15) is 11.6 Å². The van der Waals surface area contributed by atoms with E-state index in [0.29, 0.717) is 30.2 Å². The van der Waals surface area contributed by atoms with E-state index in [1.807, 2.05) is 19.1 Å². The molecule has 0 spiro atoms. The molecule has 1 aromatic carbocycles. The molecule has 3 heteroatoms. The minimum Gasteiger partial charge on any atom is -0.382 e. The fourth-order valence-electron chi connectivity index (χ4n) is 2.21. The number of carbonyl (C=O) groups excluding carboxylic acids is 1. The summed E-state index contributed by atoms with van der Waals surface area (Å²) in [6.07, 6.45) is 4.85. The Morgan fingerprint density at radius 1 is 1.29 bits per heavy atom. The molecule has 1 N–H and O–H groups in total. The van der Waals surface area contributed by atoms with Crippen molar-refractivity contribution in [2.24, 2.45) is 5.92 Å². The quantitative estimate of drug-likeness (QED) is 0.599. The van der Waals surface area contributed by atoms with Gasteiger partial charge in [-0.25, -0.2) is 4.39 Å². The Hall–Kier alpha value is -1.38. The summed E-state index contributed by atoms with van der Waals surface area (Å²) in [5, 5.41) is 3.16. The number of aryl methyl sites for hydroxylation is 1. The van der Waals surface area contributed by atoms with Crippen LogP contribution in [0, 0.1) is 11.7 Å². The molecule has 1 aromatic rings. The standard InChI is InChI=1S/C18H28FNO.H2/c1-4-16(21)11-7-5-6-9-15-10-8-12-17(18(15)19)20-13-14(2)3;/h8,10,12,14,20H,4-7,9,11,13H2,1-3H3;1H. The van der Waals surface area contributed by atoms with Crippen LogP contribution < -0.4 is 5.32 Å². The lowest BCUT2D eigenvalue weighted by molar-refractivity contribution is -0.118. The third-order valence-electron chi connectivity index (χ3n) is 3.58. The van der Waals surface area contributed by atoms with Crippen LogP contribution in [0.15, 0.2) is 18.2 Å². The number of nitrogens with one attached hydrogen (secondary N) is 1. The summed E-state index contributed by atoms with van der Waals surface area (Å²) in [4.78, 5) is 11.2. The Kier molecular flexibility index (Phi) is 8.03. The van der Waals surface area contributed by atoms with Gasteiger partial charge in [-0.2, -0.15) is 0 Å². The summed E-state index contributed by atoms with van der Waals surface area (Å²) < 4.78 is 14.3. The topological polar surface area (TPSA) is 29.1 Å². The SMILES string of the molecule is CCC(=O)CCCCCc1cccc(NCC(C)C)c1F.[HH]. The summed E-state index contributed by atoms with van der Waals surface area (Å²) in [6, 6.07) is 5.55. The van der Waals surface area contributed by atoms with Gasteiger partial charge in [-0.1, -0.05) is 39.3 Å². The molecule has 0 aliphatic carbocycles. The molecule has 0 unspecified atom stereocenters. The highest BCUT2D eigenvalue weighted by Crippen LogP contribution is 2.20. The zero-order chi connectivity index (χ0) is 15.7. The van der Waals surface area contributed by atoms with Crippen molar-refractivity contribution in [1.29, 1.82) is 0 Å². The fourth-order valence-corrected chi connectivity index (χ4v) is 2.21. The normalized spacial score (nSPS) is 10.9. The summed E-state index contributed by atoms with van der Waals surface area (Å²) in [7, 11) is 0. The number of hydrogen-bond donors (Lipinski definition) is 1. The molecule has 0 fully saturated rings. The fraction of sp³-hybridized carbons (Fsp3) is 0.611. The zero-order valence-electron chi connectivity index (χ0n) is 13.5. The maximum Gasteiger partial charge on any atom is 0.149 e. The zero-order valence-corrected chi connectivity index (χ0v) is 13.5. The van der Waals surface area contributed by atoms with Crippen LogP contribution in [0.25, 0.3) is 0 Å². The molecule has 0 saturated carbocycles. The number of halogens is 1. The first-order chi connectivity index (χ1) is 10.0. The Morgan fingerprint density at radius 2 is 2.05 bits per heavy atom. The molecule has 0 aromatic heterocycles. The molecule has 120 valence electrons. The molecular weight excluding hydrogens is 265 g/mol. The average molecular weight is 295 g/mol. The molecule has 21 heavy (non-hydrogen) atoms. The molecule has 0 radical (unpaired) electrons. The lowest BCUT2D eigenvalue weighted by Crippen LogP contribution is -2.10. The highest BCUT2D eigenvalue weighted by atomic mass is 19.1. The van der Waals surface area contributed by atoms with Gasteiger partial charge in [0.25, 0.3) is 0 Å². The molecular formula is C18H30FNO. The summed E-state index contributed by atoms with van der Waals surface area (Å²) >= 11 is 0. The van der Waals surface area contributed by atoms with E-state index >= 15 is 0 Å². The van der Waals surface area contributed by atoms with Gasteiger partial charge in [0, 0.05) is 20.8 Å². The number of unbranched alkanes of at least 4 members (excludes halogenated alkanes) is 2. The number of rotatable bonds is 10. The van der Waals surface area contributed by atoms with E-state index in [9.17, 15) is 9.18 Å². The van der Waals surface area contributed by atoms with Gasteiger partial charge >= 0.3 is 0 Å². The number of Topliss-reactive ketones (excluding diaryl/α,β-unsaturated/α-hetero) is 1. The van der Waals surface area contributed by atoms with Gasteiger partial charge in [-0.15, -0.1) is 0 Å². The summed E-state index contributed by atoms with van der Waals surface area (Å²) in [5.74, 6) is 0.688. The van der Waals surface area contributed by atoms with Crippen LogP contribution in [0.1, 0.15) is 59.9 Å². The molecule has 2 nitrogen and oxygen atoms in total. The van der Waals surface area contributed by atoms with Crippen molar-refractivity contribution in [3.8, 4) is 0 Å². The second kappa shape index (κ2) is 9.54. The minimum absolute atomic E-state index is 0. The van der Waals surface area contributed by atoms with Crippen LogP contribution in [-0.4, -0.2) is 12.3 Å². The largest absolute Gasteiger partial charge is 0.382 e. The van der Waals surface area contributed by atoms with Crippen LogP contribution >= 0.6 is 0 Å². The van der Waals surface area contributed by atoms with E-state index in [0.717, 1.165) is 37.8 Å². The van der Waals surface area contributed by atoms with E-state index in [1.54, 1.807) is 6.07 Å². The van der Waals surface area contributed by atoms with Crippen LogP contribution in [0.5, 0.6) is 0 Å². The summed E-state index contributed by atoms with van der Waals surface area (Å²) in [6.45, 7) is 6.88. The van der Waals surface area contributed by atoms with Gasteiger partial charge < -0.3 is 5.32 Å². The van der Waals surface area contributed by atoms with Gasteiger partial charge in [0.2, 0.25) is 0 Å². The maximum absolute atomic E-state index is 14.3. The average Bonchev–Trinajstić information content (AvgIpc) is 2.46. The Balaban J connectivity index is 0.00000441. The van der Waals surface area contributed by atoms with Crippen LogP contribution in [-0.2, 0) is 11.2 Å². The highest BCUT2D eigenvalue weighted by molar-refractivity contribution is 5.77. The lowest BCUT2D eigenvalue weighted by atomic mass is 10.0. The Morgan fingerprint density at radius 3 is 2.71 bits per heavy atom. The van der Waals surface area contributed by atoms with Crippen molar-refractivity contribution < 1.29 is 10.6 Å². The molecule has 0 bridgehead atoms. The maximum atomic E-state index is 14.3. The first-order valence-electron chi connectivity index (χ1n) is 8.07. The molecule has 0 heterocycles. The van der Waals surface area contributed by atoms with E-state index in [2.05, 4.69) is 19.2 Å². The second-order valence-electron chi connectivity index (χ2n) is 6.01. The number of carbonyl (C=O) groups is 1. The van der Waals surface area contributed by atoms with E-state index in [1.165, 1.54) is 0 Å². The van der Waals surface area contributed by atoms with Crippen molar-refractivity contribution in [3.05, 3.63) is 29.6 Å². The molecule has 0 amide bonds. The van der Waals surface area contributed by atoms with Crippen LogP contribution in [0.3, 0.4) is 0 Å². The molecule has 0 atom stereocenters. The van der Waals surface area contributed by atoms with Gasteiger partial charge in [0.15, 0.2) is 0 Å². The van der Waals surface area contributed by atoms with Crippen molar-refractivity contribution in [2.75, 3.05) is 11.9 Å². The highest BCUT2D eigenvalue weighted by Gasteiger charge is 2.08. The first kappa shape index (κ1) is 17.7. The molecule has 0 saturated heterocycles. The van der Waals surface area contributed by atoms with E-state index in [-0.39, 0.29) is 7.24 Å². The Labute approximate surface area is 129 Å². The number of ketones is 1. The molecule has 1 rings (SSSR count). The van der Waals surface area contributed by atoms with Gasteiger partial charge in [0.05, 0.1) is 5.69 Å². The molecule has 0 aliphatic heterocycles. The third kappa shape index (κ3) is 6.74. The van der Waals surface area contributed by atoms with Crippen molar-refractivity contribution in [1.82, 2.24) is 0 Å². The minimum atomic E-state index is -0.122. The first-order valence-corrected chi connectivity index (χ1v) is 8.07. The van der Waals surface area contributed by atoms with Gasteiger partial charge in [-0.3, -0.25) is 4.79 Å². The van der Waals surface area contributed by atoms with Crippen molar-refractivity contribution in [3.63, 3.8) is 0 Å². The smallest absolute Gasteiger partial charge is 0.149 e. The van der Waals surface area contributed by atoms with Crippen LogP contribution in [0.2, 0.25) is 0 Å². The third-order valence-corrected chi connectivity index (χ3v) is 3.58. The predicted octanol–water partition coefficient (Wildman–Crippen LogP) is 5.22. The van der Waals surface area contributed by atoms with Crippen molar-refractivity contribution >= 4 is 11.5 Å². The van der Waals surface area contributed by atoms with E-state index in [4.69, 9.17) is 0 Å². The number of hydrogen-bond acceptors (Lipinski definition) is 2. The summed E-state index contributed by atoms with van der Waals surface area (Å²) in [5.41, 5.74) is 1.37. The van der Waals surface area contributed by atoms with Crippen LogP contribution in [0.4, 0.5) is 10.1 Å². The van der Waals surface area contributed by atoms with E-state index < -0.39 is 0 Å². The number of anilines is 1. The number of benzene rings is 1. The monoisotopic (exact) mass is 295 g/mol. The van der Waals surface area contributed by atoms with Crippen molar-refractivity contribution in [2.45, 2.75) is 59.3 Å². The Bertz CT molecular complexity index is 449. The van der Waals surface area contributed by atoms with Gasteiger partial charge in [-0.05, 0) is 36.8 Å². The second-order valence-corrected chi connectivity index (χ2v) is 6.01. The lowest BCUT2D eigenvalue weighted by Gasteiger charge is -2.12. The molecule has 0 aliphatic rings.